The van der Waals surface area contributed by atoms with Crippen LogP contribution in [0.4, 0.5) is 5.69 Å². The van der Waals surface area contributed by atoms with Gasteiger partial charge in [0, 0.05) is 10.7 Å². The average Bonchev–Trinajstić information content (AvgIpc) is 2.99. The van der Waals surface area contributed by atoms with Crippen LogP contribution in [0.3, 0.4) is 0 Å². The Labute approximate surface area is 156 Å². The van der Waals surface area contributed by atoms with Crippen molar-refractivity contribution in [2.45, 2.75) is 26.4 Å². The number of anilines is 1. The fourth-order valence-electron chi connectivity index (χ4n) is 2.50. The maximum Gasteiger partial charge on any atom is 0.241 e. The summed E-state index contributed by atoms with van der Waals surface area (Å²) in [5.74, 6) is -0.0611. The molecule has 25 heavy (non-hydrogen) atoms. The summed E-state index contributed by atoms with van der Waals surface area (Å²) in [4.78, 5) is 19.2. The number of carbonyl (C=O) groups is 1. The van der Waals surface area contributed by atoms with E-state index < -0.39 is 0 Å². The zero-order chi connectivity index (χ0) is 18.0. The highest BCUT2D eigenvalue weighted by molar-refractivity contribution is 7.18. The number of aryl methyl sites for hydroxylation is 1. The van der Waals surface area contributed by atoms with Gasteiger partial charge in [0.15, 0.2) is 0 Å². The van der Waals surface area contributed by atoms with E-state index >= 15 is 0 Å². The molecular weight excluding hydrogens is 354 g/mol. The Morgan fingerprint density at radius 1 is 1.32 bits per heavy atom. The molecule has 0 aliphatic carbocycles. The maximum atomic E-state index is 12.6. The monoisotopic (exact) mass is 373 g/mol. The Morgan fingerprint density at radius 2 is 2.08 bits per heavy atom. The minimum absolute atomic E-state index is 0.0611. The molecule has 6 heteroatoms. The van der Waals surface area contributed by atoms with Crippen LogP contribution in [0.5, 0.6) is 0 Å². The third-order valence-electron chi connectivity index (χ3n) is 4.22. The molecule has 0 aliphatic heterocycles. The SMILES string of the molecule is Cc1ccc(Cl)cc1NC(=O)[C@H](C)N(C)Cc1nc2ccccc2s1. The third-order valence-corrected chi connectivity index (χ3v) is 5.48. The van der Waals surface area contributed by atoms with E-state index in [-0.39, 0.29) is 11.9 Å². The number of amides is 1. The van der Waals surface area contributed by atoms with Gasteiger partial charge in [0.2, 0.25) is 5.91 Å². The number of nitrogens with zero attached hydrogens (tertiary/aromatic N) is 2. The summed E-state index contributed by atoms with van der Waals surface area (Å²) in [7, 11) is 1.93. The number of likely N-dealkylation sites (N-methyl/N-ethyl adjacent to an activating group) is 1. The predicted octanol–water partition coefficient (Wildman–Crippen LogP) is 4.72. The quantitative estimate of drug-likeness (QED) is 0.704. The van der Waals surface area contributed by atoms with Crippen LogP contribution in [0.25, 0.3) is 10.2 Å². The van der Waals surface area contributed by atoms with Gasteiger partial charge in [-0.15, -0.1) is 11.3 Å². The van der Waals surface area contributed by atoms with Crippen LogP contribution < -0.4 is 5.32 Å². The first-order chi connectivity index (χ1) is 11.9. The van der Waals surface area contributed by atoms with Crippen LogP contribution >= 0.6 is 22.9 Å². The van der Waals surface area contributed by atoms with Gasteiger partial charge in [0.25, 0.3) is 0 Å². The van der Waals surface area contributed by atoms with Gasteiger partial charge in [-0.05, 0) is 50.7 Å². The predicted molar refractivity (Wildman–Crippen MR) is 105 cm³/mol. The lowest BCUT2D eigenvalue weighted by Gasteiger charge is -2.23. The van der Waals surface area contributed by atoms with Crippen molar-refractivity contribution in [2.24, 2.45) is 0 Å². The van der Waals surface area contributed by atoms with E-state index in [0.717, 1.165) is 26.5 Å². The van der Waals surface area contributed by atoms with Crippen molar-refractivity contribution in [3.8, 4) is 0 Å². The van der Waals surface area contributed by atoms with Crippen molar-refractivity contribution in [3.05, 3.63) is 58.1 Å². The van der Waals surface area contributed by atoms with Gasteiger partial charge in [0.05, 0.1) is 22.8 Å². The van der Waals surface area contributed by atoms with E-state index in [1.54, 1.807) is 17.4 Å². The van der Waals surface area contributed by atoms with Crippen molar-refractivity contribution >= 4 is 44.7 Å². The van der Waals surface area contributed by atoms with E-state index in [9.17, 15) is 4.79 Å². The molecule has 0 saturated heterocycles. The largest absolute Gasteiger partial charge is 0.324 e. The minimum Gasteiger partial charge on any atom is -0.324 e. The molecule has 3 rings (SSSR count). The van der Waals surface area contributed by atoms with Gasteiger partial charge < -0.3 is 5.32 Å². The van der Waals surface area contributed by atoms with E-state index in [2.05, 4.69) is 16.4 Å². The average molecular weight is 374 g/mol. The number of benzene rings is 2. The van der Waals surface area contributed by atoms with Crippen molar-refractivity contribution in [2.75, 3.05) is 12.4 Å². The normalized spacial score (nSPS) is 12.5. The molecule has 2 aromatic carbocycles. The molecule has 1 amide bonds. The second kappa shape index (κ2) is 7.52. The second-order valence-corrected chi connectivity index (χ2v) is 7.67. The van der Waals surface area contributed by atoms with E-state index in [0.29, 0.717) is 11.6 Å². The molecule has 3 aromatic rings. The number of aromatic nitrogens is 1. The molecule has 0 aliphatic rings. The van der Waals surface area contributed by atoms with Crippen LogP contribution in [-0.2, 0) is 11.3 Å². The van der Waals surface area contributed by atoms with Crippen LogP contribution in [0.2, 0.25) is 5.02 Å². The Morgan fingerprint density at radius 3 is 2.84 bits per heavy atom. The highest BCUT2D eigenvalue weighted by Gasteiger charge is 2.20. The molecule has 1 heterocycles. The number of fused-ring (bicyclic) bond motifs is 1. The summed E-state index contributed by atoms with van der Waals surface area (Å²) < 4.78 is 1.16. The van der Waals surface area contributed by atoms with Crippen LogP contribution in [0.15, 0.2) is 42.5 Å². The Hall–Kier alpha value is -1.95. The number of hydrogen-bond donors (Lipinski definition) is 1. The Bertz CT molecular complexity index is 876. The molecule has 130 valence electrons. The first kappa shape index (κ1) is 17.9. The number of rotatable bonds is 5. The first-order valence-electron chi connectivity index (χ1n) is 8.06. The smallest absolute Gasteiger partial charge is 0.241 e. The number of carbonyl (C=O) groups excluding carboxylic acids is 1. The summed E-state index contributed by atoms with van der Waals surface area (Å²) in [5, 5.41) is 4.57. The highest BCUT2D eigenvalue weighted by atomic mass is 35.5. The summed E-state index contributed by atoms with van der Waals surface area (Å²) in [6.07, 6.45) is 0. The summed E-state index contributed by atoms with van der Waals surface area (Å²) in [5.41, 5.74) is 2.74. The summed E-state index contributed by atoms with van der Waals surface area (Å²) in [6, 6.07) is 13.3. The van der Waals surface area contributed by atoms with E-state index in [1.807, 2.05) is 56.1 Å². The molecule has 4 nitrogen and oxygen atoms in total. The topological polar surface area (TPSA) is 45.2 Å². The van der Waals surface area contributed by atoms with Crippen molar-refractivity contribution < 1.29 is 4.79 Å². The lowest BCUT2D eigenvalue weighted by molar-refractivity contribution is -0.120. The van der Waals surface area contributed by atoms with Gasteiger partial charge in [-0.2, -0.15) is 0 Å². The van der Waals surface area contributed by atoms with Crippen LogP contribution in [0, 0.1) is 6.92 Å². The zero-order valence-corrected chi connectivity index (χ0v) is 16.0. The number of halogens is 1. The lowest BCUT2D eigenvalue weighted by atomic mass is 10.2. The molecule has 1 atom stereocenters. The number of hydrogen-bond acceptors (Lipinski definition) is 4. The Kier molecular flexibility index (Phi) is 5.37. The number of thiazole rings is 1. The molecule has 1 aromatic heterocycles. The zero-order valence-electron chi connectivity index (χ0n) is 14.4. The maximum absolute atomic E-state index is 12.6. The lowest BCUT2D eigenvalue weighted by Crippen LogP contribution is -2.39. The van der Waals surface area contributed by atoms with Crippen molar-refractivity contribution in [3.63, 3.8) is 0 Å². The first-order valence-corrected chi connectivity index (χ1v) is 9.25. The molecule has 0 radical (unpaired) electrons. The highest BCUT2D eigenvalue weighted by Crippen LogP contribution is 2.23. The number of para-hydroxylation sites is 1. The van der Waals surface area contributed by atoms with E-state index in [4.69, 9.17) is 11.6 Å². The van der Waals surface area contributed by atoms with Crippen LogP contribution in [0.1, 0.15) is 17.5 Å². The van der Waals surface area contributed by atoms with Gasteiger partial charge >= 0.3 is 0 Å². The second-order valence-electron chi connectivity index (χ2n) is 6.11. The Balaban J connectivity index is 1.67. The molecule has 1 N–H and O–H groups in total. The van der Waals surface area contributed by atoms with E-state index in [1.165, 1.54) is 0 Å². The molecular formula is C19H20ClN3OS. The summed E-state index contributed by atoms with van der Waals surface area (Å²) in [6.45, 7) is 4.46. The van der Waals surface area contributed by atoms with Crippen LogP contribution in [-0.4, -0.2) is 28.9 Å². The fraction of sp³-hybridized carbons (Fsp3) is 0.263. The summed E-state index contributed by atoms with van der Waals surface area (Å²) >= 11 is 7.68. The van der Waals surface area contributed by atoms with Gasteiger partial charge in [-0.3, -0.25) is 9.69 Å². The van der Waals surface area contributed by atoms with Gasteiger partial charge in [0.1, 0.15) is 5.01 Å². The van der Waals surface area contributed by atoms with Crippen molar-refractivity contribution in [1.29, 1.82) is 0 Å². The standard InChI is InChI=1S/C19H20ClN3OS/c1-12-8-9-14(20)10-16(12)22-19(24)13(2)23(3)11-18-21-15-6-4-5-7-17(15)25-18/h4-10,13H,11H2,1-3H3,(H,22,24)/t13-/m0/s1. The number of nitrogens with one attached hydrogen (secondary N) is 1. The van der Waals surface area contributed by atoms with Gasteiger partial charge in [-0.25, -0.2) is 4.98 Å². The van der Waals surface area contributed by atoms with Gasteiger partial charge in [-0.1, -0.05) is 29.8 Å². The molecule has 0 fully saturated rings. The molecule has 0 saturated carbocycles. The van der Waals surface area contributed by atoms with Crippen molar-refractivity contribution in [1.82, 2.24) is 9.88 Å². The fourth-order valence-corrected chi connectivity index (χ4v) is 3.71. The molecule has 0 bridgehead atoms. The molecule has 0 spiro atoms. The third kappa shape index (κ3) is 4.18. The minimum atomic E-state index is -0.287. The molecule has 0 unspecified atom stereocenters.